The van der Waals surface area contributed by atoms with Crippen LogP contribution in [0, 0.1) is 0 Å². The van der Waals surface area contributed by atoms with Gasteiger partial charge in [-0.3, -0.25) is 9.78 Å². The summed E-state index contributed by atoms with van der Waals surface area (Å²) in [7, 11) is 0. The number of carbonyl (C=O) groups is 1. The van der Waals surface area contributed by atoms with Crippen LogP contribution in [0.15, 0.2) is 42.6 Å². The van der Waals surface area contributed by atoms with Crippen LogP contribution in [0.1, 0.15) is 15.2 Å². The maximum Gasteiger partial charge on any atom is 0.270 e. The standard InChI is InChI=1S/C16H13N3OS/c17-13-14-12(6-3-8-18-14)21-15(13)16(20)19-9-7-10-4-1-2-5-11(10)19/h1-6,8H,7,9,17H2. The number of anilines is 2. The predicted molar refractivity (Wildman–Crippen MR) is 85.9 cm³/mol. The molecule has 2 N–H and O–H groups in total. The van der Waals surface area contributed by atoms with Crippen molar-refractivity contribution < 1.29 is 4.79 Å². The quantitative estimate of drug-likeness (QED) is 0.750. The summed E-state index contributed by atoms with van der Waals surface area (Å²) in [5.41, 5.74) is 9.54. The molecule has 0 saturated carbocycles. The summed E-state index contributed by atoms with van der Waals surface area (Å²) in [5, 5.41) is 0. The van der Waals surface area contributed by atoms with E-state index in [0.29, 0.717) is 17.1 Å². The predicted octanol–water partition coefficient (Wildman–Crippen LogP) is 3.08. The maximum absolute atomic E-state index is 12.8. The number of fused-ring (bicyclic) bond motifs is 2. The van der Waals surface area contributed by atoms with Crippen LogP contribution in [-0.4, -0.2) is 17.4 Å². The Morgan fingerprint density at radius 1 is 1.24 bits per heavy atom. The van der Waals surface area contributed by atoms with Crippen LogP contribution in [0.2, 0.25) is 0 Å². The number of benzene rings is 1. The van der Waals surface area contributed by atoms with E-state index in [0.717, 1.165) is 22.3 Å². The zero-order chi connectivity index (χ0) is 14.4. The minimum absolute atomic E-state index is 0.0274. The highest BCUT2D eigenvalue weighted by molar-refractivity contribution is 7.21. The normalized spacial score (nSPS) is 13.6. The average Bonchev–Trinajstić information content (AvgIpc) is 3.09. The number of carbonyl (C=O) groups excluding carboxylic acids is 1. The Labute approximate surface area is 125 Å². The molecule has 0 bridgehead atoms. The van der Waals surface area contributed by atoms with Gasteiger partial charge in [0.15, 0.2) is 0 Å². The van der Waals surface area contributed by atoms with Gasteiger partial charge in [-0.05, 0) is 30.2 Å². The Bertz CT molecular complexity index is 856. The minimum Gasteiger partial charge on any atom is -0.396 e. The van der Waals surface area contributed by atoms with Crippen molar-refractivity contribution in [1.29, 1.82) is 0 Å². The number of nitrogen functional groups attached to an aromatic ring is 1. The number of aromatic nitrogens is 1. The summed E-state index contributed by atoms with van der Waals surface area (Å²) >= 11 is 1.41. The van der Waals surface area contributed by atoms with Gasteiger partial charge in [-0.15, -0.1) is 11.3 Å². The Hall–Kier alpha value is -2.40. The molecule has 0 aliphatic carbocycles. The molecular weight excluding hydrogens is 282 g/mol. The van der Waals surface area contributed by atoms with Crippen LogP contribution < -0.4 is 10.6 Å². The lowest BCUT2D eigenvalue weighted by molar-refractivity contribution is 0.0994. The van der Waals surface area contributed by atoms with E-state index in [4.69, 9.17) is 5.73 Å². The molecule has 104 valence electrons. The molecule has 21 heavy (non-hydrogen) atoms. The summed E-state index contributed by atoms with van der Waals surface area (Å²) in [5.74, 6) is -0.0274. The van der Waals surface area contributed by atoms with E-state index in [-0.39, 0.29) is 5.91 Å². The summed E-state index contributed by atoms with van der Waals surface area (Å²) in [6.07, 6.45) is 2.59. The largest absolute Gasteiger partial charge is 0.396 e. The fraction of sp³-hybridized carbons (Fsp3) is 0.125. The molecule has 0 fully saturated rings. The Morgan fingerprint density at radius 2 is 2.10 bits per heavy atom. The molecule has 3 aromatic rings. The van der Waals surface area contributed by atoms with Crippen LogP contribution in [0.25, 0.3) is 10.2 Å². The lowest BCUT2D eigenvalue weighted by atomic mass is 10.2. The van der Waals surface area contributed by atoms with Crippen LogP contribution in [-0.2, 0) is 6.42 Å². The first kappa shape index (κ1) is 12.3. The molecule has 0 atom stereocenters. The lowest BCUT2D eigenvalue weighted by Crippen LogP contribution is -2.28. The molecule has 2 aromatic heterocycles. The number of hydrogen-bond acceptors (Lipinski definition) is 4. The van der Waals surface area contributed by atoms with Crippen molar-refractivity contribution in [1.82, 2.24) is 4.98 Å². The van der Waals surface area contributed by atoms with Gasteiger partial charge in [-0.2, -0.15) is 0 Å². The first-order valence-electron chi connectivity index (χ1n) is 6.78. The third-order valence-electron chi connectivity index (χ3n) is 3.81. The summed E-state index contributed by atoms with van der Waals surface area (Å²) in [6, 6.07) is 11.8. The Morgan fingerprint density at radius 3 is 2.95 bits per heavy atom. The highest BCUT2D eigenvalue weighted by Gasteiger charge is 2.28. The van der Waals surface area contributed by atoms with Crippen molar-refractivity contribution in [3.8, 4) is 0 Å². The first-order valence-corrected chi connectivity index (χ1v) is 7.60. The van der Waals surface area contributed by atoms with Crippen molar-refractivity contribution in [2.75, 3.05) is 17.2 Å². The molecule has 1 aliphatic heterocycles. The molecule has 0 saturated heterocycles. The number of para-hydroxylation sites is 1. The zero-order valence-electron chi connectivity index (χ0n) is 11.2. The van der Waals surface area contributed by atoms with Gasteiger partial charge >= 0.3 is 0 Å². The lowest BCUT2D eigenvalue weighted by Gasteiger charge is -2.16. The second-order valence-electron chi connectivity index (χ2n) is 5.03. The van der Waals surface area contributed by atoms with Gasteiger partial charge in [-0.1, -0.05) is 18.2 Å². The molecular formula is C16H13N3OS. The number of nitrogens with two attached hydrogens (primary N) is 1. The SMILES string of the molecule is Nc1c(C(=O)N2CCc3ccccc32)sc2cccnc12. The molecule has 3 heterocycles. The van der Waals surface area contributed by atoms with E-state index in [2.05, 4.69) is 11.1 Å². The van der Waals surface area contributed by atoms with Crippen molar-refractivity contribution in [2.24, 2.45) is 0 Å². The third kappa shape index (κ3) is 1.81. The molecule has 0 unspecified atom stereocenters. The molecule has 4 nitrogen and oxygen atoms in total. The fourth-order valence-electron chi connectivity index (χ4n) is 2.78. The van der Waals surface area contributed by atoms with Gasteiger partial charge in [-0.25, -0.2) is 0 Å². The van der Waals surface area contributed by atoms with E-state index in [1.165, 1.54) is 16.9 Å². The number of nitrogens with zero attached hydrogens (tertiary/aromatic N) is 2. The number of pyridine rings is 1. The smallest absolute Gasteiger partial charge is 0.270 e. The molecule has 0 spiro atoms. The summed E-state index contributed by atoms with van der Waals surface area (Å²) < 4.78 is 0.950. The minimum atomic E-state index is -0.0274. The summed E-state index contributed by atoms with van der Waals surface area (Å²) in [6.45, 7) is 0.708. The van der Waals surface area contributed by atoms with E-state index in [1.54, 1.807) is 6.20 Å². The molecule has 0 radical (unpaired) electrons. The van der Waals surface area contributed by atoms with Crippen molar-refractivity contribution in [3.05, 3.63) is 53.0 Å². The molecule has 4 rings (SSSR count). The van der Waals surface area contributed by atoms with Crippen molar-refractivity contribution >= 4 is 38.8 Å². The Kier molecular flexibility index (Phi) is 2.68. The molecule has 1 amide bonds. The second kappa shape index (κ2) is 4.56. The highest BCUT2D eigenvalue weighted by Crippen LogP contribution is 2.36. The fourth-order valence-corrected chi connectivity index (χ4v) is 3.81. The number of thiophene rings is 1. The van der Waals surface area contributed by atoms with Crippen molar-refractivity contribution in [3.63, 3.8) is 0 Å². The highest BCUT2D eigenvalue weighted by atomic mass is 32.1. The zero-order valence-corrected chi connectivity index (χ0v) is 12.1. The van der Waals surface area contributed by atoms with Gasteiger partial charge in [0.1, 0.15) is 10.4 Å². The van der Waals surface area contributed by atoms with Crippen LogP contribution in [0.5, 0.6) is 0 Å². The summed E-state index contributed by atoms with van der Waals surface area (Å²) in [4.78, 5) is 19.5. The average molecular weight is 295 g/mol. The van der Waals surface area contributed by atoms with Gasteiger partial charge in [0.25, 0.3) is 5.91 Å². The number of amides is 1. The van der Waals surface area contributed by atoms with Gasteiger partial charge in [0.05, 0.1) is 10.4 Å². The van der Waals surface area contributed by atoms with Gasteiger partial charge in [0.2, 0.25) is 0 Å². The number of hydrogen-bond donors (Lipinski definition) is 1. The second-order valence-corrected chi connectivity index (χ2v) is 6.08. The van der Waals surface area contributed by atoms with E-state index >= 15 is 0 Å². The molecule has 1 aromatic carbocycles. The van der Waals surface area contributed by atoms with Gasteiger partial charge in [0, 0.05) is 18.4 Å². The number of rotatable bonds is 1. The van der Waals surface area contributed by atoms with Gasteiger partial charge < -0.3 is 10.6 Å². The van der Waals surface area contributed by atoms with E-state index in [9.17, 15) is 4.79 Å². The van der Waals surface area contributed by atoms with E-state index < -0.39 is 0 Å². The van der Waals surface area contributed by atoms with Crippen LogP contribution >= 0.6 is 11.3 Å². The Balaban J connectivity index is 1.80. The van der Waals surface area contributed by atoms with E-state index in [1.807, 2.05) is 35.2 Å². The maximum atomic E-state index is 12.8. The third-order valence-corrected chi connectivity index (χ3v) is 4.96. The molecule has 1 aliphatic rings. The molecule has 5 heteroatoms. The van der Waals surface area contributed by atoms with Crippen LogP contribution in [0.4, 0.5) is 11.4 Å². The first-order chi connectivity index (χ1) is 10.3. The van der Waals surface area contributed by atoms with Crippen molar-refractivity contribution in [2.45, 2.75) is 6.42 Å². The topological polar surface area (TPSA) is 59.2 Å². The monoisotopic (exact) mass is 295 g/mol. The van der Waals surface area contributed by atoms with Crippen LogP contribution in [0.3, 0.4) is 0 Å².